The number of hydrogen-bond acceptors (Lipinski definition) is 6. The number of ether oxygens (including phenoxy) is 1. The highest BCUT2D eigenvalue weighted by atomic mass is 16.5. The van der Waals surface area contributed by atoms with Gasteiger partial charge in [-0.25, -0.2) is 0 Å². The number of amides is 1. The highest BCUT2D eigenvalue weighted by molar-refractivity contribution is 6.07. The number of carbonyl (C=O) groups excluding carboxylic acids is 1. The second-order valence-electron chi connectivity index (χ2n) is 9.34. The molecule has 36 heavy (non-hydrogen) atoms. The minimum absolute atomic E-state index is 0.0532. The van der Waals surface area contributed by atoms with Gasteiger partial charge in [-0.3, -0.25) is 4.79 Å². The van der Waals surface area contributed by atoms with Crippen LogP contribution in [-0.4, -0.2) is 60.8 Å². The van der Waals surface area contributed by atoms with Crippen molar-refractivity contribution in [3.63, 3.8) is 0 Å². The molecule has 0 unspecified atom stereocenters. The number of nitrogens with zero attached hydrogens (tertiary/aromatic N) is 5. The smallest absolute Gasteiger partial charge is 0.275 e. The van der Waals surface area contributed by atoms with Crippen molar-refractivity contribution < 1.29 is 9.53 Å². The van der Waals surface area contributed by atoms with Gasteiger partial charge in [0.05, 0.1) is 7.11 Å². The molecule has 3 heterocycles. The van der Waals surface area contributed by atoms with Crippen molar-refractivity contribution >= 4 is 28.2 Å². The Morgan fingerprint density at radius 3 is 2.31 bits per heavy atom. The second kappa shape index (κ2) is 9.49. The van der Waals surface area contributed by atoms with E-state index in [0.29, 0.717) is 18.8 Å². The Balaban J connectivity index is 1.24. The van der Waals surface area contributed by atoms with E-state index in [1.165, 1.54) is 11.1 Å². The Morgan fingerprint density at radius 2 is 1.50 bits per heavy atom. The lowest BCUT2D eigenvalue weighted by atomic mass is 9.99. The molecule has 3 aromatic carbocycles. The molecule has 1 aromatic heterocycles. The summed E-state index contributed by atoms with van der Waals surface area (Å²) in [6.45, 7) is 4.70. The van der Waals surface area contributed by atoms with Crippen molar-refractivity contribution in [1.82, 2.24) is 15.1 Å². The molecule has 0 saturated carbocycles. The van der Waals surface area contributed by atoms with Crippen molar-refractivity contribution in [2.45, 2.75) is 13.0 Å². The quantitative estimate of drug-likeness (QED) is 0.438. The maximum atomic E-state index is 13.6. The zero-order valence-electron chi connectivity index (χ0n) is 20.4. The Bertz CT molecular complexity index is 1410. The summed E-state index contributed by atoms with van der Waals surface area (Å²) in [5, 5.41) is 10.9. The van der Waals surface area contributed by atoms with Crippen LogP contribution in [0.15, 0.2) is 72.8 Å². The minimum atomic E-state index is -0.0532. The zero-order chi connectivity index (χ0) is 24.5. The lowest BCUT2D eigenvalue weighted by Crippen LogP contribution is -2.47. The van der Waals surface area contributed by atoms with E-state index < -0.39 is 0 Å². The SMILES string of the molecule is COc1cccc(N2CCN(c3nnc(C(=O)N4CCc5ccccc5C4)c4ccccc34)CC2)c1. The Morgan fingerprint density at radius 1 is 0.778 bits per heavy atom. The Labute approximate surface area is 210 Å². The summed E-state index contributed by atoms with van der Waals surface area (Å²) in [6.07, 6.45) is 0.864. The molecule has 1 saturated heterocycles. The highest BCUT2D eigenvalue weighted by Gasteiger charge is 2.27. The molecule has 2 aliphatic heterocycles. The van der Waals surface area contributed by atoms with Crippen LogP contribution in [0, 0.1) is 0 Å². The zero-order valence-corrected chi connectivity index (χ0v) is 20.4. The summed E-state index contributed by atoms with van der Waals surface area (Å²) in [6, 6.07) is 24.5. The molecule has 0 spiro atoms. The molecule has 7 heteroatoms. The van der Waals surface area contributed by atoms with Crippen LogP contribution in [0.4, 0.5) is 11.5 Å². The number of anilines is 2. The number of hydrogen-bond donors (Lipinski definition) is 0. The Hall–Kier alpha value is -4.13. The lowest BCUT2D eigenvalue weighted by molar-refractivity contribution is 0.0730. The normalized spacial score (nSPS) is 15.6. The molecule has 1 amide bonds. The molecule has 182 valence electrons. The van der Waals surface area contributed by atoms with E-state index in [0.717, 1.165) is 60.6 Å². The van der Waals surface area contributed by atoms with E-state index in [9.17, 15) is 4.79 Å². The van der Waals surface area contributed by atoms with E-state index in [-0.39, 0.29) is 5.91 Å². The van der Waals surface area contributed by atoms with Gasteiger partial charge in [0, 0.05) is 61.8 Å². The molecule has 0 N–H and O–H groups in total. The molecule has 6 rings (SSSR count). The largest absolute Gasteiger partial charge is 0.497 e. The van der Waals surface area contributed by atoms with Gasteiger partial charge in [-0.05, 0) is 29.7 Å². The maximum Gasteiger partial charge on any atom is 0.275 e. The summed E-state index contributed by atoms with van der Waals surface area (Å²) >= 11 is 0. The van der Waals surface area contributed by atoms with Crippen LogP contribution in [0.5, 0.6) is 5.75 Å². The van der Waals surface area contributed by atoms with Crippen LogP contribution in [-0.2, 0) is 13.0 Å². The molecular formula is C29H29N5O2. The molecule has 1 fully saturated rings. The number of aromatic nitrogens is 2. The highest BCUT2D eigenvalue weighted by Crippen LogP contribution is 2.30. The first-order valence-electron chi connectivity index (χ1n) is 12.5. The number of rotatable bonds is 4. The summed E-state index contributed by atoms with van der Waals surface area (Å²) in [4.78, 5) is 20.1. The standard InChI is InChI=1S/C29H29N5O2/c1-36-24-10-6-9-23(19-24)32-15-17-33(18-16-32)28-26-12-5-4-11-25(26)27(30-31-28)29(35)34-14-13-21-7-2-3-8-22(21)20-34/h2-12,19H,13-18,20H2,1H3. The van der Waals surface area contributed by atoms with Crippen molar-refractivity contribution in [2.75, 3.05) is 49.6 Å². The van der Waals surface area contributed by atoms with Gasteiger partial charge in [0.25, 0.3) is 5.91 Å². The topological polar surface area (TPSA) is 61.8 Å². The number of benzene rings is 3. The van der Waals surface area contributed by atoms with Gasteiger partial charge in [-0.1, -0.05) is 54.6 Å². The van der Waals surface area contributed by atoms with Gasteiger partial charge >= 0.3 is 0 Å². The van der Waals surface area contributed by atoms with Gasteiger partial charge in [0.15, 0.2) is 11.5 Å². The van der Waals surface area contributed by atoms with Crippen LogP contribution in [0.2, 0.25) is 0 Å². The van der Waals surface area contributed by atoms with Crippen LogP contribution in [0.25, 0.3) is 10.8 Å². The predicted octanol–water partition coefficient (Wildman–Crippen LogP) is 4.16. The van der Waals surface area contributed by atoms with E-state index in [1.54, 1.807) is 7.11 Å². The predicted molar refractivity (Wildman–Crippen MR) is 142 cm³/mol. The fraction of sp³-hybridized carbons (Fsp3) is 0.276. The fourth-order valence-electron chi connectivity index (χ4n) is 5.28. The molecule has 7 nitrogen and oxygen atoms in total. The van der Waals surface area contributed by atoms with E-state index in [2.05, 4.69) is 56.4 Å². The van der Waals surface area contributed by atoms with Gasteiger partial charge in [0.1, 0.15) is 5.75 Å². The van der Waals surface area contributed by atoms with Crippen molar-refractivity contribution in [1.29, 1.82) is 0 Å². The van der Waals surface area contributed by atoms with Gasteiger partial charge in [0.2, 0.25) is 0 Å². The van der Waals surface area contributed by atoms with E-state index in [4.69, 9.17) is 4.74 Å². The third-order valence-electron chi connectivity index (χ3n) is 7.29. The summed E-state index contributed by atoms with van der Waals surface area (Å²) in [5.41, 5.74) is 4.12. The van der Waals surface area contributed by atoms with Gasteiger partial charge < -0.3 is 19.4 Å². The van der Waals surface area contributed by atoms with Crippen LogP contribution < -0.4 is 14.5 Å². The average molecular weight is 480 g/mol. The minimum Gasteiger partial charge on any atom is -0.497 e. The first kappa shape index (κ1) is 22.3. The van der Waals surface area contributed by atoms with Crippen LogP contribution in [0.1, 0.15) is 21.6 Å². The van der Waals surface area contributed by atoms with Crippen molar-refractivity contribution in [3.05, 3.63) is 89.6 Å². The maximum absolute atomic E-state index is 13.6. The first-order valence-corrected chi connectivity index (χ1v) is 12.5. The third kappa shape index (κ3) is 4.11. The average Bonchev–Trinajstić information content (AvgIpc) is 2.96. The lowest BCUT2D eigenvalue weighted by Gasteiger charge is -2.37. The molecule has 0 aliphatic carbocycles. The second-order valence-corrected chi connectivity index (χ2v) is 9.34. The molecule has 0 atom stereocenters. The van der Waals surface area contributed by atoms with Gasteiger partial charge in [-0.2, -0.15) is 0 Å². The summed E-state index contributed by atoms with van der Waals surface area (Å²) in [7, 11) is 1.69. The van der Waals surface area contributed by atoms with Crippen LogP contribution in [0.3, 0.4) is 0 Å². The van der Waals surface area contributed by atoms with E-state index in [1.807, 2.05) is 41.3 Å². The third-order valence-corrected chi connectivity index (χ3v) is 7.29. The fourth-order valence-corrected chi connectivity index (χ4v) is 5.28. The number of carbonyl (C=O) groups is 1. The molecule has 0 bridgehead atoms. The van der Waals surface area contributed by atoms with E-state index >= 15 is 0 Å². The molecule has 2 aliphatic rings. The first-order chi connectivity index (χ1) is 17.7. The molecular weight excluding hydrogens is 450 g/mol. The number of piperazine rings is 1. The Kier molecular flexibility index (Phi) is 5.89. The number of fused-ring (bicyclic) bond motifs is 2. The molecule has 0 radical (unpaired) electrons. The van der Waals surface area contributed by atoms with Crippen molar-refractivity contribution in [2.24, 2.45) is 0 Å². The summed E-state index contributed by atoms with van der Waals surface area (Å²) in [5.74, 6) is 1.66. The number of methoxy groups -OCH3 is 1. The molecule has 4 aromatic rings. The monoisotopic (exact) mass is 479 g/mol. The summed E-state index contributed by atoms with van der Waals surface area (Å²) < 4.78 is 5.39. The van der Waals surface area contributed by atoms with Crippen molar-refractivity contribution in [3.8, 4) is 5.75 Å². The van der Waals surface area contributed by atoms with Crippen LogP contribution >= 0.6 is 0 Å². The van der Waals surface area contributed by atoms with Gasteiger partial charge in [-0.15, -0.1) is 10.2 Å².